The van der Waals surface area contributed by atoms with Crippen LogP contribution in [-0.4, -0.2) is 82.4 Å². The Morgan fingerprint density at radius 3 is 2.59 bits per heavy atom. The minimum Gasteiger partial charge on any atom is -0.383 e. The van der Waals surface area contributed by atoms with Gasteiger partial charge in [0.25, 0.3) is 0 Å². The summed E-state index contributed by atoms with van der Waals surface area (Å²) >= 11 is 0. The fraction of sp³-hybridized carbons (Fsp3) is 0.696. The van der Waals surface area contributed by atoms with Crippen molar-refractivity contribution in [2.24, 2.45) is 16.8 Å². The van der Waals surface area contributed by atoms with E-state index in [1.807, 2.05) is 13.1 Å². The zero-order chi connectivity index (χ0) is 20.3. The molecule has 0 radical (unpaired) electrons. The smallest absolute Gasteiger partial charge is 0.193 e. The lowest BCUT2D eigenvalue weighted by atomic mass is 9.97. The molecule has 1 N–H and O–H groups in total. The first-order chi connectivity index (χ1) is 14.3. The molecular weight excluding hydrogens is 364 g/mol. The van der Waals surface area contributed by atoms with Gasteiger partial charge in [-0.2, -0.15) is 0 Å². The van der Waals surface area contributed by atoms with Crippen LogP contribution in [0.5, 0.6) is 0 Å². The number of hydrogen-bond donors (Lipinski definition) is 1. The first-order valence-corrected chi connectivity index (χ1v) is 11.1. The number of nitrogens with one attached hydrogen (secondary N) is 1. The number of methoxy groups -OCH3 is 1. The van der Waals surface area contributed by atoms with Gasteiger partial charge in [0, 0.05) is 46.3 Å². The normalized spacial score (nSPS) is 21.7. The number of benzene rings is 1. The molecule has 0 bridgehead atoms. The lowest BCUT2D eigenvalue weighted by Crippen LogP contribution is -2.44. The highest BCUT2D eigenvalue weighted by molar-refractivity contribution is 5.80. The molecule has 2 aliphatic heterocycles. The molecule has 1 atom stereocenters. The van der Waals surface area contributed by atoms with Crippen molar-refractivity contribution in [2.75, 3.05) is 66.6 Å². The summed E-state index contributed by atoms with van der Waals surface area (Å²) in [5.41, 5.74) is 1.24. The first-order valence-electron chi connectivity index (χ1n) is 11.1. The predicted octanol–water partition coefficient (Wildman–Crippen LogP) is 2.46. The number of piperidine rings is 1. The van der Waals surface area contributed by atoms with Gasteiger partial charge in [0.05, 0.1) is 19.8 Å². The number of aliphatic imine (C=N–C) groups is 1. The van der Waals surface area contributed by atoms with Gasteiger partial charge in [-0.25, -0.2) is 0 Å². The number of guanidine groups is 1. The van der Waals surface area contributed by atoms with Gasteiger partial charge in [-0.1, -0.05) is 30.3 Å². The van der Waals surface area contributed by atoms with Crippen LogP contribution < -0.4 is 5.32 Å². The van der Waals surface area contributed by atoms with Crippen molar-refractivity contribution in [3.8, 4) is 0 Å². The minimum absolute atomic E-state index is 0.585. The first kappa shape index (κ1) is 22.1. The maximum Gasteiger partial charge on any atom is 0.193 e. The van der Waals surface area contributed by atoms with Crippen molar-refractivity contribution in [1.29, 1.82) is 0 Å². The maximum atomic E-state index is 5.96. The highest BCUT2D eigenvalue weighted by Crippen LogP contribution is 2.19. The Bertz CT molecular complexity index is 602. The zero-order valence-corrected chi connectivity index (χ0v) is 18.2. The number of hydrogen-bond acceptors (Lipinski definition) is 4. The lowest BCUT2D eigenvalue weighted by molar-refractivity contribution is 0.0906. The Hall–Kier alpha value is -1.63. The third-order valence-electron chi connectivity index (χ3n) is 6.13. The summed E-state index contributed by atoms with van der Waals surface area (Å²) in [6.07, 6.45) is 3.68. The van der Waals surface area contributed by atoms with Crippen molar-refractivity contribution < 1.29 is 9.47 Å². The Morgan fingerprint density at radius 1 is 1.10 bits per heavy atom. The largest absolute Gasteiger partial charge is 0.383 e. The van der Waals surface area contributed by atoms with Crippen LogP contribution in [0.4, 0.5) is 0 Å². The molecule has 162 valence electrons. The second kappa shape index (κ2) is 12.2. The topological polar surface area (TPSA) is 49.3 Å². The average Bonchev–Trinajstić information content (AvgIpc) is 3.23. The molecule has 0 amide bonds. The van der Waals surface area contributed by atoms with Crippen molar-refractivity contribution in [2.45, 2.75) is 25.9 Å². The molecule has 1 aromatic rings. The molecule has 0 aromatic heterocycles. The fourth-order valence-corrected chi connectivity index (χ4v) is 4.28. The lowest BCUT2D eigenvalue weighted by Gasteiger charge is -2.32. The molecule has 1 unspecified atom stereocenters. The van der Waals surface area contributed by atoms with Gasteiger partial charge in [-0.15, -0.1) is 0 Å². The number of ether oxygens (including phenoxy) is 2. The summed E-state index contributed by atoms with van der Waals surface area (Å²) in [6.45, 7) is 8.89. The van der Waals surface area contributed by atoms with Gasteiger partial charge < -0.3 is 24.6 Å². The van der Waals surface area contributed by atoms with Gasteiger partial charge in [-0.05, 0) is 43.8 Å². The molecule has 6 nitrogen and oxygen atoms in total. The second-order valence-electron chi connectivity index (χ2n) is 8.31. The number of likely N-dealkylation sites (tertiary alicyclic amines) is 2. The zero-order valence-electron chi connectivity index (χ0n) is 18.2. The number of rotatable bonds is 9. The van der Waals surface area contributed by atoms with E-state index < -0.39 is 0 Å². The van der Waals surface area contributed by atoms with Gasteiger partial charge in [-0.3, -0.25) is 4.99 Å². The monoisotopic (exact) mass is 402 g/mol. The maximum absolute atomic E-state index is 5.96. The average molecular weight is 403 g/mol. The SMILES string of the molecule is CN=C(NCC1CCN(CCOC)CC1)N1CCC(COCc2ccccc2)C1. The van der Waals surface area contributed by atoms with Crippen LogP contribution in [0.1, 0.15) is 24.8 Å². The van der Waals surface area contributed by atoms with Gasteiger partial charge in [0.15, 0.2) is 5.96 Å². The Morgan fingerprint density at radius 2 is 1.86 bits per heavy atom. The summed E-state index contributed by atoms with van der Waals surface area (Å²) in [7, 11) is 3.68. The van der Waals surface area contributed by atoms with Crippen LogP contribution in [0.25, 0.3) is 0 Å². The molecule has 2 saturated heterocycles. The predicted molar refractivity (Wildman–Crippen MR) is 118 cm³/mol. The molecule has 6 heteroatoms. The molecule has 0 saturated carbocycles. The van der Waals surface area contributed by atoms with Crippen LogP contribution in [0, 0.1) is 11.8 Å². The van der Waals surface area contributed by atoms with Gasteiger partial charge in [0.1, 0.15) is 0 Å². The Balaban J connectivity index is 1.32. The van der Waals surface area contributed by atoms with Crippen molar-refractivity contribution >= 4 is 5.96 Å². The Labute approximate surface area is 176 Å². The third-order valence-corrected chi connectivity index (χ3v) is 6.13. The molecule has 3 rings (SSSR count). The molecular formula is C23H38N4O2. The van der Waals surface area contributed by atoms with E-state index in [-0.39, 0.29) is 0 Å². The van der Waals surface area contributed by atoms with E-state index in [9.17, 15) is 0 Å². The summed E-state index contributed by atoms with van der Waals surface area (Å²) in [5.74, 6) is 2.37. The third kappa shape index (κ3) is 7.28. The molecule has 0 spiro atoms. The Kier molecular flexibility index (Phi) is 9.25. The molecule has 1 aromatic carbocycles. The van der Waals surface area contributed by atoms with Crippen LogP contribution in [0.3, 0.4) is 0 Å². The fourth-order valence-electron chi connectivity index (χ4n) is 4.28. The van der Waals surface area contributed by atoms with E-state index >= 15 is 0 Å². The molecule has 2 fully saturated rings. The molecule has 29 heavy (non-hydrogen) atoms. The quantitative estimate of drug-likeness (QED) is 0.508. The summed E-state index contributed by atoms with van der Waals surface area (Å²) < 4.78 is 11.2. The summed E-state index contributed by atoms with van der Waals surface area (Å²) in [5, 5.41) is 3.63. The van der Waals surface area contributed by atoms with Crippen molar-refractivity contribution in [3.63, 3.8) is 0 Å². The van der Waals surface area contributed by atoms with E-state index in [4.69, 9.17) is 9.47 Å². The highest BCUT2D eigenvalue weighted by atomic mass is 16.5. The van der Waals surface area contributed by atoms with Crippen LogP contribution >= 0.6 is 0 Å². The van der Waals surface area contributed by atoms with Crippen molar-refractivity contribution in [3.05, 3.63) is 35.9 Å². The second-order valence-corrected chi connectivity index (χ2v) is 8.31. The van der Waals surface area contributed by atoms with E-state index in [2.05, 4.69) is 44.4 Å². The van der Waals surface area contributed by atoms with Crippen LogP contribution in [0.15, 0.2) is 35.3 Å². The van der Waals surface area contributed by atoms with Crippen LogP contribution in [0.2, 0.25) is 0 Å². The van der Waals surface area contributed by atoms with Gasteiger partial charge >= 0.3 is 0 Å². The molecule has 2 aliphatic rings. The number of nitrogens with zero attached hydrogens (tertiary/aromatic N) is 3. The standard InChI is InChI=1S/C23H38N4O2/c1-24-23(25-16-20-8-11-26(12-9-20)14-15-28-2)27-13-10-22(17-27)19-29-18-21-6-4-3-5-7-21/h3-7,20,22H,8-19H2,1-2H3,(H,24,25). The molecule has 2 heterocycles. The van der Waals surface area contributed by atoms with E-state index in [1.54, 1.807) is 7.11 Å². The van der Waals surface area contributed by atoms with E-state index in [0.29, 0.717) is 12.5 Å². The molecule has 0 aliphatic carbocycles. The highest BCUT2D eigenvalue weighted by Gasteiger charge is 2.26. The minimum atomic E-state index is 0.585. The summed E-state index contributed by atoms with van der Waals surface area (Å²) in [6, 6.07) is 10.4. The summed E-state index contributed by atoms with van der Waals surface area (Å²) in [4.78, 5) is 9.44. The van der Waals surface area contributed by atoms with Crippen LogP contribution in [-0.2, 0) is 16.1 Å². The van der Waals surface area contributed by atoms with Crippen molar-refractivity contribution in [1.82, 2.24) is 15.1 Å². The van der Waals surface area contributed by atoms with E-state index in [1.165, 1.54) is 37.9 Å². The van der Waals surface area contributed by atoms with Gasteiger partial charge in [0.2, 0.25) is 0 Å². The van der Waals surface area contributed by atoms with E-state index in [0.717, 1.165) is 51.3 Å².